The highest BCUT2D eigenvalue weighted by Gasteiger charge is 2.28. The Morgan fingerprint density at radius 2 is 1.97 bits per heavy atom. The summed E-state index contributed by atoms with van der Waals surface area (Å²) in [6.45, 7) is 2.05. The number of carbonyl (C=O) groups is 2. The zero-order valence-electron chi connectivity index (χ0n) is 17.1. The van der Waals surface area contributed by atoms with Gasteiger partial charge in [0.2, 0.25) is 5.91 Å². The number of rotatable bonds is 6. The number of β-lactam (4-membered cyclic amide) rings is 1. The molecule has 2 amide bonds. The number of nitro benzene ring substituents is 1. The summed E-state index contributed by atoms with van der Waals surface area (Å²) in [7, 11) is 0. The average molecular weight is 492 g/mol. The lowest BCUT2D eigenvalue weighted by Gasteiger charge is -2.31. The van der Waals surface area contributed by atoms with E-state index in [1.54, 1.807) is 32.7 Å². The van der Waals surface area contributed by atoms with Crippen molar-refractivity contribution in [1.29, 1.82) is 0 Å². The van der Waals surface area contributed by atoms with E-state index in [-0.39, 0.29) is 24.3 Å². The molecule has 8 nitrogen and oxygen atoms in total. The fraction of sp³-hybridized carbons (Fsp3) is 0.381. The van der Waals surface area contributed by atoms with Crippen LogP contribution in [0.2, 0.25) is 0 Å². The number of nitro groups is 1. The molecule has 2 saturated heterocycles. The Bertz CT molecular complexity index is 1030. The maximum atomic E-state index is 12.4. The van der Waals surface area contributed by atoms with Crippen LogP contribution in [-0.2, 0) is 16.1 Å². The van der Waals surface area contributed by atoms with Crippen molar-refractivity contribution in [3.05, 3.63) is 61.8 Å². The van der Waals surface area contributed by atoms with E-state index in [1.165, 1.54) is 29.6 Å². The predicted molar refractivity (Wildman–Crippen MR) is 127 cm³/mol. The summed E-state index contributed by atoms with van der Waals surface area (Å²) in [6, 6.07) is 8.08. The molecular formula is C21H21N3O5S3. The van der Waals surface area contributed by atoms with Crippen molar-refractivity contribution in [3.63, 3.8) is 0 Å². The van der Waals surface area contributed by atoms with Gasteiger partial charge in [0.1, 0.15) is 10.8 Å². The number of non-ortho nitro benzene ring substituents is 1. The number of benzene rings is 1. The van der Waals surface area contributed by atoms with Gasteiger partial charge in [0.15, 0.2) is 0 Å². The lowest BCUT2D eigenvalue weighted by atomic mass is 9.91. The van der Waals surface area contributed by atoms with Crippen LogP contribution >= 0.6 is 35.5 Å². The maximum absolute atomic E-state index is 12.4. The maximum Gasteiger partial charge on any atom is 0.410 e. The first-order valence-electron chi connectivity index (χ1n) is 10.2. The molecule has 2 fully saturated rings. The Morgan fingerprint density at radius 3 is 2.56 bits per heavy atom. The minimum Gasteiger partial charge on any atom is -0.445 e. The minimum absolute atomic E-state index is 0.00660. The molecule has 2 aliphatic rings. The number of thiophene rings is 1. The van der Waals surface area contributed by atoms with Crippen LogP contribution in [0.15, 0.2) is 35.7 Å². The van der Waals surface area contributed by atoms with Crippen molar-refractivity contribution >= 4 is 57.4 Å². The quantitative estimate of drug-likeness (QED) is 0.190. The zero-order valence-corrected chi connectivity index (χ0v) is 19.5. The molecular weight excluding hydrogens is 470 g/mol. The van der Waals surface area contributed by atoms with Crippen LogP contribution in [0.3, 0.4) is 0 Å². The molecule has 3 heterocycles. The Morgan fingerprint density at radius 1 is 1.25 bits per heavy atom. The molecule has 0 aliphatic carbocycles. The van der Waals surface area contributed by atoms with E-state index in [9.17, 15) is 19.7 Å². The summed E-state index contributed by atoms with van der Waals surface area (Å²) in [4.78, 5) is 36.8. The van der Waals surface area contributed by atoms with Gasteiger partial charge in [-0.05, 0) is 53.5 Å². The first-order valence-corrected chi connectivity index (χ1v) is 12.2. The van der Waals surface area contributed by atoms with Crippen molar-refractivity contribution in [2.45, 2.75) is 31.8 Å². The number of hydrogen-bond donors (Lipinski definition) is 0. The number of amides is 2. The van der Waals surface area contributed by atoms with Crippen LogP contribution in [-0.4, -0.2) is 50.0 Å². The van der Waals surface area contributed by atoms with Crippen LogP contribution in [0, 0.1) is 10.1 Å². The molecule has 0 atom stereocenters. The normalized spacial score (nSPS) is 16.6. The number of likely N-dealkylation sites (tertiary alicyclic amines) is 1. The molecule has 11 heteroatoms. The molecule has 32 heavy (non-hydrogen) atoms. The molecule has 0 bridgehead atoms. The first-order chi connectivity index (χ1) is 15.4. The predicted octanol–water partition coefficient (Wildman–Crippen LogP) is 4.73. The highest BCUT2D eigenvalue weighted by atomic mass is 32.2. The van der Waals surface area contributed by atoms with E-state index in [0.717, 1.165) is 28.5 Å². The topological polar surface area (TPSA) is 93.0 Å². The van der Waals surface area contributed by atoms with E-state index >= 15 is 0 Å². The zero-order chi connectivity index (χ0) is 22.7. The summed E-state index contributed by atoms with van der Waals surface area (Å²) in [5.41, 5.74) is 1.94. The van der Waals surface area contributed by atoms with E-state index < -0.39 is 4.92 Å². The number of nitrogens with zero attached hydrogens (tertiary/aromatic N) is 3. The Kier molecular flexibility index (Phi) is 7.07. The second kappa shape index (κ2) is 9.97. The second-order valence-corrected chi connectivity index (χ2v) is 10.2. The number of thiocarbonyl (C=S) groups is 1. The van der Waals surface area contributed by atoms with Gasteiger partial charge in [0.05, 0.1) is 9.80 Å². The summed E-state index contributed by atoms with van der Waals surface area (Å²) >= 11 is 8.42. The monoisotopic (exact) mass is 491 g/mol. The van der Waals surface area contributed by atoms with Gasteiger partial charge in [-0.2, -0.15) is 0 Å². The molecule has 0 N–H and O–H groups in total. The van der Waals surface area contributed by atoms with Crippen molar-refractivity contribution in [1.82, 2.24) is 9.21 Å². The molecule has 0 spiro atoms. The van der Waals surface area contributed by atoms with Crippen LogP contribution in [0.5, 0.6) is 0 Å². The Hall–Kier alpha value is -2.50. The number of piperidine rings is 1. The smallest absolute Gasteiger partial charge is 0.410 e. The van der Waals surface area contributed by atoms with Gasteiger partial charge in [-0.15, -0.1) is 11.3 Å². The van der Waals surface area contributed by atoms with Crippen LogP contribution in [0.4, 0.5) is 10.5 Å². The van der Waals surface area contributed by atoms with Gasteiger partial charge in [-0.1, -0.05) is 12.2 Å². The third-order valence-corrected chi connectivity index (χ3v) is 8.22. The van der Waals surface area contributed by atoms with Crippen LogP contribution in [0.25, 0.3) is 0 Å². The lowest BCUT2D eigenvalue weighted by molar-refractivity contribution is -0.384. The average Bonchev–Trinajstić information content (AvgIpc) is 3.30. The van der Waals surface area contributed by atoms with E-state index in [2.05, 4.69) is 11.4 Å². The Labute approximate surface area is 198 Å². The molecule has 0 unspecified atom stereocenters. The largest absolute Gasteiger partial charge is 0.445 e. The lowest BCUT2D eigenvalue weighted by Crippen LogP contribution is -2.38. The van der Waals surface area contributed by atoms with Gasteiger partial charge in [-0.25, -0.2) is 4.79 Å². The summed E-state index contributed by atoms with van der Waals surface area (Å²) in [5, 5.41) is 12.8. The molecule has 168 valence electrons. The summed E-state index contributed by atoms with van der Waals surface area (Å²) < 4.78 is 7.79. The standard InChI is InChI=1S/C21H21N3O5S3/c25-19-7-10-23(19)32-20(30)18-11-16(13-31-18)15-5-8-22(9-6-15)21(26)29-12-14-1-3-17(4-2-14)24(27)28/h1-4,11,13,15H,5-10,12H2. The SMILES string of the molecule is O=C(OCc1ccc([N+](=O)[O-])cc1)N1CCC(c2csc(C(=S)SN3CCC3=O)c2)CC1. The fourth-order valence-corrected chi connectivity index (χ4v) is 5.83. The van der Waals surface area contributed by atoms with Crippen LogP contribution in [0.1, 0.15) is 41.2 Å². The third kappa shape index (κ3) is 5.28. The van der Waals surface area contributed by atoms with Gasteiger partial charge >= 0.3 is 6.09 Å². The highest BCUT2D eigenvalue weighted by Crippen LogP contribution is 2.34. The van der Waals surface area contributed by atoms with Crippen molar-refractivity contribution in [2.24, 2.45) is 0 Å². The van der Waals surface area contributed by atoms with Gasteiger partial charge in [0, 0.05) is 50.1 Å². The van der Waals surface area contributed by atoms with Gasteiger partial charge in [0.25, 0.3) is 5.69 Å². The summed E-state index contributed by atoms with van der Waals surface area (Å²) in [5.74, 6) is 0.485. The molecule has 0 radical (unpaired) electrons. The number of hydrogen-bond acceptors (Lipinski definition) is 8. The van der Waals surface area contributed by atoms with E-state index in [0.29, 0.717) is 31.0 Å². The third-order valence-electron chi connectivity index (χ3n) is 5.55. The molecule has 0 saturated carbocycles. The molecule has 1 aromatic heterocycles. The fourth-order valence-electron chi connectivity index (χ4n) is 3.55. The van der Waals surface area contributed by atoms with E-state index in [1.807, 2.05) is 0 Å². The van der Waals surface area contributed by atoms with Gasteiger partial charge in [-0.3, -0.25) is 19.2 Å². The number of carbonyl (C=O) groups excluding carboxylic acids is 2. The number of ether oxygens (including phenoxy) is 1. The molecule has 2 aliphatic heterocycles. The van der Waals surface area contributed by atoms with Crippen LogP contribution < -0.4 is 0 Å². The first kappa shape index (κ1) is 22.7. The second-order valence-electron chi connectivity index (χ2n) is 7.61. The van der Waals surface area contributed by atoms with Crippen molar-refractivity contribution in [3.8, 4) is 0 Å². The summed E-state index contributed by atoms with van der Waals surface area (Å²) in [6.07, 6.45) is 1.91. The van der Waals surface area contributed by atoms with Crippen molar-refractivity contribution in [2.75, 3.05) is 19.6 Å². The Balaban J connectivity index is 1.23. The molecule has 4 rings (SSSR count). The minimum atomic E-state index is -0.462. The molecule has 1 aromatic carbocycles. The molecule has 2 aromatic rings. The van der Waals surface area contributed by atoms with Crippen molar-refractivity contribution < 1.29 is 19.2 Å². The van der Waals surface area contributed by atoms with Gasteiger partial charge < -0.3 is 9.64 Å². The van der Waals surface area contributed by atoms with E-state index in [4.69, 9.17) is 17.0 Å². The highest BCUT2D eigenvalue weighted by molar-refractivity contribution is 8.22.